The van der Waals surface area contributed by atoms with Gasteiger partial charge in [0.25, 0.3) is 0 Å². The molecule has 0 radical (unpaired) electrons. The Hall–Kier alpha value is -4.30. The normalized spacial score (nSPS) is 29.8. The Balaban J connectivity index is 1.24. The molecular formula is C48H47NO. The van der Waals surface area contributed by atoms with E-state index in [1.807, 2.05) is 35.2 Å². The highest BCUT2D eigenvalue weighted by Crippen LogP contribution is 2.69. The molecule has 0 N–H and O–H groups in total. The fourth-order valence-corrected chi connectivity index (χ4v) is 11.7. The van der Waals surface area contributed by atoms with Gasteiger partial charge in [-0.3, -0.25) is 0 Å². The molecule has 2 heteroatoms. The van der Waals surface area contributed by atoms with Crippen molar-refractivity contribution >= 4 is 39.0 Å². The molecule has 1 heterocycles. The maximum Gasteiger partial charge on any atom is 0.137 e. The number of nitrogens with zero attached hydrogens (tertiary/aromatic N) is 1. The summed E-state index contributed by atoms with van der Waals surface area (Å²) < 4.78 is 73.3. The Labute approximate surface area is 306 Å². The topological polar surface area (TPSA) is 16.4 Å². The summed E-state index contributed by atoms with van der Waals surface area (Å²) in [6.07, 6.45) is 7.08. The summed E-state index contributed by atoms with van der Waals surface area (Å²) in [4.78, 5) is 2.00. The van der Waals surface area contributed by atoms with E-state index in [1.54, 1.807) is 0 Å². The Bertz CT molecular complexity index is 2730. The standard InChI is InChI=1S/C48H47NO/c1-46(2)19-20-47(3,4)43-27-34(15-18-41(43)46)49(35-14-17-39-38-10-6-8-12-44(38)50-45(39)28-35)33-13-16-37-36-9-5-7-11-40(36)48(42(37)26-33)31-22-29-21-30(24-31)25-32(48)23-29/h5-18,26-32H,19-25H2,1-4H3/i5D,7D,9D,11D,13D,16D,26D. The van der Waals surface area contributed by atoms with Gasteiger partial charge in [-0.15, -0.1) is 0 Å². The van der Waals surface area contributed by atoms with Crippen molar-refractivity contribution in [1.82, 2.24) is 0 Å². The predicted molar refractivity (Wildman–Crippen MR) is 207 cm³/mol. The van der Waals surface area contributed by atoms with Gasteiger partial charge in [0.2, 0.25) is 0 Å². The first-order valence-electron chi connectivity index (χ1n) is 22.2. The molecule has 1 spiro atoms. The molecule has 0 saturated heterocycles. The van der Waals surface area contributed by atoms with Gasteiger partial charge in [-0.25, -0.2) is 0 Å². The third-order valence-electron chi connectivity index (χ3n) is 13.9. The second-order valence-electron chi connectivity index (χ2n) is 17.5. The zero-order chi connectivity index (χ0) is 39.7. The van der Waals surface area contributed by atoms with E-state index in [1.165, 1.54) is 17.5 Å². The molecule has 6 aromatic rings. The molecule has 0 aliphatic heterocycles. The number of rotatable bonds is 3. The average Bonchev–Trinajstić information content (AvgIpc) is 3.72. The summed E-state index contributed by atoms with van der Waals surface area (Å²) in [5.41, 5.74) is 6.80. The maximum absolute atomic E-state index is 10.5. The van der Waals surface area contributed by atoms with E-state index in [4.69, 9.17) is 7.16 Å². The fraction of sp³-hybridized carbons (Fsp3) is 0.375. The molecular weight excluding hydrogens is 607 g/mol. The zero-order valence-electron chi connectivity index (χ0n) is 36.4. The first-order valence-corrected chi connectivity index (χ1v) is 18.7. The van der Waals surface area contributed by atoms with Crippen LogP contribution in [0.2, 0.25) is 0 Å². The minimum atomic E-state index is -0.833. The number of anilines is 3. The lowest BCUT2D eigenvalue weighted by Gasteiger charge is -2.61. The molecule has 0 unspecified atom stereocenters. The number of benzene rings is 5. The lowest BCUT2D eigenvalue weighted by atomic mass is 9.43. The van der Waals surface area contributed by atoms with Crippen LogP contribution in [0.15, 0.2) is 107 Å². The summed E-state index contributed by atoms with van der Waals surface area (Å²) in [6.45, 7) is 9.20. The Morgan fingerprint density at radius 1 is 0.600 bits per heavy atom. The van der Waals surface area contributed by atoms with E-state index in [9.17, 15) is 6.85 Å². The second kappa shape index (κ2) is 9.93. The molecule has 250 valence electrons. The van der Waals surface area contributed by atoms with Gasteiger partial charge in [-0.05, 0) is 155 Å². The predicted octanol–water partition coefficient (Wildman–Crippen LogP) is 13.1. The fourth-order valence-electron chi connectivity index (χ4n) is 11.7. The van der Waals surface area contributed by atoms with Crippen LogP contribution in [0.25, 0.3) is 33.1 Å². The Kier molecular flexibility index (Phi) is 4.61. The molecule has 4 bridgehead atoms. The van der Waals surface area contributed by atoms with Crippen LogP contribution in [-0.2, 0) is 16.2 Å². The average molecular weight is 661 g/mol. The summed E-state index contributed by atoms with van der Waals surface area (Å²) >= 11 is 0. The van der Waals surface area contributed by atoms with E-state index >= 15 is 0 Å². The largest absolute Gasteiger partial charge is 0.456 e. The van der Waals surface area contributed by atoms with Gasteiger partial charge in [0, 0.05) is 39.3 Å². The van der Waals surface area contributed by atoms with E-state index in [0.717, 1.165) is 66.3 Å². The van der Waals surface area contributed by atoms with Gasteiger partial charge in [0.05, 0.1) is 9.60 Å². The molecule has 6 aliphatic rings. The summed E-state index contributed by atoms with van der Waals surface area (Å²) in [6, 6.07) is 19.8. The second-order valence-corrected chi connectivity index (χ2v) is 17.5. The van der Waals surface area contributed by atoms with E-state index in [2.05, 4.69) is 58.0 Å². The van der Waals surface area contributed by atoms with Gasteiger partial charge in [-0.1, -0.05) is 82.2 Å². The molecule has 1 aromatic heterocycles. The van der Waals surface area contributed by atoms with Crippen molar-refractivity contribution in [3.63, 3.8) is 0 Å². The van der Waals surface area contributed by atoms with Crippen molar-refractivity contribution in [2.75, 3.05) is 4.90 Å². The van der Waals surface area contributed by atoms with Crippen molar-refractivity contribution in [3.8, 4) is 11.1 Å². The minimum Gasteiger partial charge on any atom is -0.456 e. The van der Waals surface area contributed by atoms with Crippen LogP contribution in [-0.4, -0.2) is 0 Å². The SMILES string of the molecule is [2H]c1c([2H])c([2H])c2c(c1[2H])-c1c([2H])c([2H])c(N(c3ccc4c(c3)C(C)(C)CCC4(C)C)c3ccc4c(c3)oc3ccccc34)c([2H])c1C21C2CC3CC(C2)CC1C3. The third-order valence-corrected chi connectivity index (χ3v) is 13.9. The summed E-state index contributed by atoms with van der Waals surface area (Å²) in [7, 11) is 0. The molecule has 12 rings (SSSR count). The van der Waals surface area contributed by atoms with Gasteiger partial charge in [-0.2, -0.15) is 0 Å². The zero-order valence-corrected chi connectivity index (χ0v) is 29.4. The third kappa shape index (κ3) is 3.86. The van der Waals surface area contributed by atoms with E-state index < -0.39 is 5.41 Å². The molecule has 50 heavy (non-hydrogen) atoms. The number of para-hydroxylation sites is 1. The quantitative estimate of drug-likeness (QED) is 0.188. The monoisotopic (exact) mass is 660 g/mol. The van der Waals surface area contributed by atoms with E-state index in [-0.39, 0.29) is 65.0 Å². The van der Waals surface area contributed by atoms with Gasteiger partial charge < -0.3 is 9.32 Å². The van der Waals surface area contributed by atoms with Gasteiger partial charge in [0.15, 0.2) is 0 Å². The lowest BCUT2D eigenvalue weighted by Crippen LogP contribution is -2.55. The minimum absolute atomic E-state index is 0.0164. The highest BCUT2D eigenvalue weighted by molar-refractivity contribution is 6.06. The molecule has 0 amide bonds. The van der Waals surface area contributed by atoms with Crippen LogP contribution in [0.5, 0.6) is 0 Å². The lowest BCUT2D eigenvalue weighted by molar-refractivity contribution is -0.0399. The smallest absolute Gasteiger partial charge is 0.137 e. The number of fused-ring (bicyclic) bond motifs is 7. The van der Waals surface area contributed by atoms with Crippen LogP contribution in [0.1, 0.15) is 104 Å². The van der Waals surface area contributed by atoms with Crippen LogP contribution < -0.4 is 4.90 Å². The molecule has 5 aromatic carbocycles. The van der Waals surface area contributed by atoms with Crippen molar-refractivity contribution in [3.05, 3.63) is 125 Å². The number of furan rings is 1. The van der Waals surface area contributed by atoms with Crippen molar-refractivity contribution in [2.24, 2.45) is 23.7 Å². The highest BCUT2D eigenvalue weighted by Gasteiger charge is 2.61. The first kappa shape index (κ1) is 23.2. The number of hydrogen-bond donors (Lipinski definition) is 0. The molecule has 2 nitrogen and oxygen atoms in total. The summed E-state index contributed by atoms with van der Waals surface area (Å²) in [5, 5.41) is 1.99. The Morgan fingerprint density at radius 3 is 2.06 bits per heavy atom. The van der Waals surface area contributed by atoms with Crippen molar-refractivity contribution < 1.29 is 14.0 Å². The van der Waals surface area contributed by atoms with Crippen LogP contribution in [0.3, 0.4) is 0 Å². The number of hydrogen-bond acceptors (Lipinski definition) is 2. The molecule has 4 saturated carbocycles. The first-order chi connectivity index (χ1) is 27.1. The summed E-state index contributed by atoms with van der Waals surface area (Å²) in [5.74, 6) is 1.31. The van der Waals surface area contributed by atoms with Crippen LogP contribution in [0.4, 0.5) is 17.1 Å². The Morgan fingerprint density at radius 2 is 1.26 bits per heavy atom. The molecule has 4 fully saturated rings. The highest BCUT2D eigenvalue weighted by atomic mass is 16.3. The van der Waals surface area contributed by atoms with Gasteiger partial charge >= 0.3 is 0 Å². The van der Waals surface area contributed by atoms with E-state index in [0.29, 0.717) is 45.4 Å². The van der Waals surface area contributed by atoms with Crippen molar-refractivity contribution in [1.29, 1.82) is 0 Å². The molecule has 6 aliphatic carbocycles. The van der Waals surface area contributed by atoms with Crippen LogP contribution in [0, 0.1) is 23.7 Å². The van der Waals surface area contributed by atoms with Gasteiger partial charge in [0.1, 0.15) is 11.2 Å². The van der Waals surface area contributed by atoms with Crippen LogP contribution >= 0.6 is 0 Å². The van der Waals surface area contributed by atoms with Crippen molar-refractivity contribution in [2.45, 2.75) is 88.9 Å². The maximum atomic E-state index is 10.5. The molecule has 0 atom stereocenters.